The van der Waals surface area contributed by atoms with Gasteiger partial charge in [0.2, 0.25) is 15.9 Å². The standard InChI is InChI=1S/C17H23N3O6S/c21-16(19-5-9-25-10-6-19)13-18-17(22)14-1-3-15(4-2-14)27(23,24)20-7-11-26-12-8-20/h1-4H,5-13H2,(H,18,22). The lowest BCUT2D eigenvalue weighted by atomic mass is 10.2. The Hall–Kier alpha value is -2.01. The van der Waals surface area contributed by atoms with E-state index in [1.54, 1.807) is 4.90 Å². The van der Waals surface area contributed by atoms with E-state index in [0.717, 1.165) is 0 Å². The summed E-state index contributed by atoms with van der Waals surface area (Å²) in [7, 11) is -3.60. The van der Waals surface area contributed by atoms with E-state index in [1.807, 2.05) is 0 Å². The molecule has 2 aliphatic rings. The number of benzene rings is 1. The van der Waals surface area contributed by atoms with Gasteiger partial charge in [-0.25, -0.2) is 8.42 Å². The third-order valence-electron chi connectivity index (χ3n) is 4.49. The number of sulfonamides is 1. The smallest absolute Gasteiger partial charge is 0.251 e. The maximum Gasteiger partial charge on any atom is 0.251 e. The number of morpholine rings is 2. The topological polar surface area (TPSA) is 105 Å². The molecule has 9 nitrogen and oxygen atoms in total. The maximum absolute atomic E-state index is 12.6. The van der Waals surface area contributed by atoms with E-state index >= 15 is 0 Å². The molecule has 0 aromatic heterocycles. The zero-order valence-electron chi connectivity index (χ0n) is 14.9. The number of amides is 2. The first-order chi connectivity index (χ1) is 13.0. The fourth-order valence-electron chi connectivity index (χ4n) is 2.90. The van der Waals surface area contributed by atoms with E-state index in [-0.39, 0.29) is 17.3 Å². The molecule has 2 saturated heterocycles. The molecule has 0 spiro atoms. The minimum absolute atomic E-state index is 0.105. The van der Waals surface area contributed by atoms with Gasteiger partial charge in [-0.3, -0.25) is 9.59 Å². The van der Waals surface area contributed by atoms with Gasteiger partial charge in [0.15, 0.2) is 0 Å². The molecule has 2 fully saturated rings. The fourth-order valence-corrected chi connectivity index (χ4v) is 4.30. The van der Waals surface area contributed by atoms with Crippen LogP contribution in [0.25, 0.3) is 0 Å². The Morgan fingerprint density at radius 2 is 1.48 bits per heavy atom. The monoisotopic (exact) mass is 397 g/mol. The average Bonchev–Trinajstić information content (AvgIpc) is 2.73. The van der Waals surface area contributed by atoms with Crippen molar-refractivity contribution in [2.45, 2.75) is 4.90 Å². The predicted molar refractivity (Wildman–Crippen MR) is 95.8 cm³/mol. The van der Waals surface area contributed by atoms with E-state index in [2.05, 4.69) is 5.32 Å². The van der Waals surface area contributed by atoms with E-state index in [1.165, 1.54) is 28.6 Å². The Kier molecular flexibility index (Phi) is 6.42. The quantitative estimate of drug-likeness (QED) is 0.704. The summed E-state index contributed by atoms with van der Waals surface area (Å²) in [5.74, 6) is -0.593. The van der Waals surface area contributed by atoms with Crippen LogP contribution < -0.4 is 5.32 Å². The minimum Gasteiger partial charge on any atom is -0.379 e. The maximum atomic E-state index is 12.6. The molecule has 3 rings (SSSR count). The number of carbonyl (C=O) groups excluding carboxylic acids is 2. The van der Waals surface area contributed by atoms with Crippen molar-refractivity contribution in [2.24, 2.45) is 0 Å². The lowest BCUT2D eigenvalue weighted by Gasteiger charge is -2.27. The third kappa shape index (κ3) is 4.83. The Labute approximate surface area is 158 Å². The second kappa shape index (κ2) is 8.79. The van der Waals surface area contributed by atoms with E-state index < -0.39 is 15.9 Å². The average molecular weight is 397 g/mol. The highest BCUT2D eigenvalue weighted by Crippen LogP contribution is 2.17. The van der Waals surface area contributed by atoms with Crippen molar-refractivity contribution < 1.29 is 27.5 Å². The molecular weight excluding hydrogens is 374 g/mol. The molecule has 0 radical (unpaired) electrons. The van der Waals surface area contributed by atoms with Gasteiger partial charge < -0.3 is 19.7 Å². The van der Waals surface area contributed by atoms with E-state index in [4.69, 9.17) is 9.47 Å². The van der Waals surface area contributed by atoms with Gasteiger partial charge in [0, 0.05) is 31.7 Å². The van der Waals surface area contributed by atoms with Crippen LogP contribution in [0.5, 0.6) is 0 Å². The number of nitrogens with zero attached hydrogens (tertiary/aromatic N) is 2. The Bertz CT molecular complexity index is 768. The normalized spacial score (nSPS) is 18.9. The molecule has 27 heavy (non-hydrogen) atoms. The van der Waals surface area contributed by atoms with Crippen molar-refractivity contribution in [2.75, 3.05) is 59.2 Å². The summed E-state index contributed by atoms with van der Waals surface area (Å²) in [5, 5.41) is 2.57. The molecule has 148 valence electrons. The molecule has 0 aliphatic carbocycles. The molecule has 2 amide bonds. The van der Waals surface area contributed by atoms with Gasteiger partial charge >= 0.3 is 0 Å². The van der Waals surface area contributed by atoms with Crippen LogP contribution in [0.3, 0.4) is 0 Å². The summed E-state index contributed by atoms with van der Waals surface area (Å²) < 4.78 is 36.9. The van der Waals surface area contributed by atoms with Crippen molar-refractivity contribution in [3.8, 4) is 0 Å². The molecule has 2 heterocycles. The van der Waals surface area contributed by atoms with Crippen LogP contribution >= 0.6 is 0 Å². The van der Waals surface area contributed by atoms with Gasteiger partial charge in [-0.05, 0) is 24.3 Å². The first-order valence-corrected chi connectivity index (χ1v) is 10.2. The first-order valence-electron chi connectivity index (χ1n) is 8.80. The van der Waals surface area contributed by atoms with Crippen molar-refractivity contribution in [3.63, 3.8) is 0 Å². The van der Waals surface area contributed by atoms with Gasteiger partial charge in [-0.2, -0.15) is 4.31 Å². The number of nitrogens with one attached hydrogen (secondary N) is 1. The molecule has 0 bridgehead atoms. The molecule has 1 aromatic carbocycles. The highest BCUT2D eigenvalue weighted by atomic mass is 32.2. The molecule has 0 atom stereocenters. The first kappa shape index (κ1) is 19.7. The summed E-state index contributed by atoms with van der Waals surface area (Å²) in [6.45, 7) is 3.30. The summed E-state index contributed by atoms with van der Waals surface area (Å²) in [6.07, 6.45) is 0. The summed E-state index contributed by atoms with van der Waals surface area (Å²) in [6, 6.07) is 5.71. The van der Waals surface area contributed by atoms with E-state index in [0.29, 0.717) is 58.2 Å². The number of carbonyl (C=O) groups is 2. The number of hydrogen-bond donors (Lipinski definition) is 1. The Morgan fingerprint density at radius 3 is 2.07 bits per heavy atom. The Balaban J connectivity index is 1.57. The van der Waals surface area contributed by atoms with Crippen LogP contribution in [0, 0.1) is 0 Å². The van der Waals surface area contributed by atoms with Crippen molar-refractivity contribution in [1.82, 2.24) is 14.5 Å². The SMILES string of the molecule is O=C(NCC(=O)N1CCOCC1)c1ccc(S(=O)(=O)N2CCOCC2)cc1. The number of rotatable bonds is 5. The van der Waals surface area contributed by atoms with Crippen molar-refractivity contribution >= 4 is 21.8 Å². The lowest BCUT2D eigenvalue weighted by molar-refractivity contribution is -0.134. The zero-order chi connectivity index (χ0) is 19.3. The summed E-state index contributed by atoms with van der Waals surface area (Å²) in [5.41, 5.74) is 0.297. The zero-order valence-corrected chi connectivity index (χ0v) is 15.7. The van der Waals surface area contributed by atoms with Crippen LogP contribution in [0.4, 0.5) is 0 Å². The molecule has 10 heteroatoms. The predicted octanol–water partition coefficient (Wildman–Crippen LogP) is -0.704. The van der Waals surface area contributed by atoms with Gasteiger partial charge in [0.05, 0.1) is 37.9 Å². The van der Waals surface area contributed by atoms with Gasteiger partial charge in [0.25, 0.3) is 5.91 Å². The van der Waals surface area contributed by atoms with Gasteiger partial charge in [-0.1, -0.05) is 0 Å². The number of hydrogen-bond acceptors (Lipinski definition) is 6. The second-order valence-electron chi connectivity index (χ2n) is 6.22. The summed E-state index contributed by atoms with van der Waals surface area (Å²) in [4.78, 5) is 26.0. The second-order valence-corrected chi connectivity index (χ2v) is 8.15. The Morgan fingerprint density at radius 1 is 0.926 bits per heavy atom. The highest BCUT2D eigenvalue weighted by Gasteiger charge is 2.26. The van der Waals surface area contributed by atoms with Crippen LogP contribution in [-0.2, 0) is 24.3 Å². The lowest BCUT2D eigenvalue weighted by Crippen LogP contribution is -2.45. The molecule has 0 unspecified atom stereocenters. The van der Waals surface area contributed by atoms with Crippen molar-refractivity contribution in [1.29, 1.82) is 0 Å². The van der Waals surface area contributed by atoms with Crippen LogP contribution in [0.2, 0.25) is 0 Å². The van der Waals surface area contributed by atoms with Gasteiger partial charge in [0.1, 0.15) is 0 Å². The third-order valence-corrected chi connectivity index (χ3v) is 6.40. The molecule has 1 aromatic rings. The van der Waals surface area contributed by atoms with Crippen LogP contribution in [0.15, 0.2) is 29.2 Å². The minimum atomic E-state index is -3.60. The summed E-state index contributed by atoms with van der Waals surface area (Å²) >= 11 is 0. The fraction of sp³-hybridized carbons (Fsp3) is 0.529. The van der Waals surface area contributed by atoms with E-state index in [9.17, 15) is 18.0 Å². The molecule has 1 N–H and O–H groups in total. The highest BCUT2D eigenvalue weighted by molar-refractivity contribution is 7.89. The largest absolute Gasteiger partial charge is 0.379 e. The molecule has 0 saturated carbocycles. The van der Waals surface area contributed by atoms with Crippen molar-refractivity contribution in [3.05, 3.63) is 29.8 Å². The van der Waals surface area contributed by atoms with Gasteiger partial charge in [-0.15, -0.1) is 0 Å². The number of ether oxygens (including phenoxy) is 2. The van der Waals surface area contributed by atoms with Crippen LogP contribution in [0.1, 0.15) is 10.4 Å². The van der Waals surface area contributed by atoms with Crippen LogP contribution in [-0.4, -0.2) is 88.6 Å². The molecule has 2 aliphatic heterocycles. The molecular formula is C17H23N3O6S.